The zero-order valence-corrected chi connectivity index (χ0v) is 13.4. The summed E-state index contributed by atoms with van der Waals surface area (Å²) < 4.78 is 24.9. The normalized spacial score (nSPS) is 25.5. The molecule has 0 aromatic heterocycles. The molecule has 0 amide bonds. The van der Waals surface area contributed by atoms with Crippen LogP contribution in [0.25, 0.3) is 0 Å². The number of piperidine rings is 1. The van der Waals surface area contributed by atoms with E-state index in [1.165, 1.54) is 12.8 Å². The van der Waals surface area contributed by atoms with Crippen LogP contribution < -0.4 is 0 Å². The van der Waals surface area contributed by atoms with E-state index in [1.54, 1.807) is 19.2 Å². The Kier molecular flexibility index (Phi) is 5.11. The summed E-state index contributed by atoms with van der Waals surface area (Å²) in [6.07, 6.45) is 3.46. The minimum Gasteiger partial charge on any atom is -0.384 e. The van der Waals surface area contributed by atoms with Gasteiger partial charge in [-0.1, -0.05) is 18.2 Å². The van der Waals surface area contributed by atoms with Gasteiger partial charge in [0.05, 0.1) is 13.2 Å². The second-order valence-corrected chi connectivity index (χ2v) is 6.71. The predicted molar refractivity (Wildman–Crippen MR) is 84.1 cm³/mol. The number of methoxy groups -OCH3 is 1. The van der Waals surface area contributed by atoms with Crippen molar-refractivity contribution in [3.05, 3.63) is 35.6 Å². The van der Waals surface area contributed by atoms with E-state index < -0.39 is 0 Å². The van der Waals surface area contributed by atoms with Crippen LogP contribution in [0.15, 0.2) is 24.3 Å². The molecule has 2 aliphatic rings. The second-order valence-electron chi connectivity index (χ2n) is 6.71. The van der Waals surface area contributed by atoms with Gasteiger partial charge < -0.3 is 9.47 Å². The van der Waals surface area contributed by atoms with Gasteiger partial charge in [0.25, 0.3) is 0 Å². The molecule has 22 heavy (non-hydrogen) atoms. The van der Waals surface area contributed by atoms with Gasteiger partial charge in [-0.3, -0.25) is 4.90 Å². The summed E-state index contributed by atoms with van der Waals surface area (Å²) in [5.41, 5.74) is 1.17. The molecule has 2 fully saturated rings. The zero-order chi connectivity index (χ0) is 15.4. The van der Waals surface area contributed by atoms with E-state index in [4.69, 9.17) is 9.47 Å². The highest BCUT2D eigenvalue weighted by atomic mass is 19.1. The fourth-order valence-electron chi connectivity index (χ4n) is 3.99. The third kappa shape index (κ3) is 3.34. The van der Waals surface area contributed by atoms with E-state index in [9.17, 15) is 4.39 Å². The van der Waals surface area contributed by atoms with E-state index >= 15 is 0 Å². The van der Waals surface area contributed by atoms with Crippen molar-refractivity contribution < 1.29 is 13.9 Å². The Morgan fingerprint density at radius 1 is 1.27 bits per heavy atom. The van der Waals surface area contributed by atoms with Gasteiger partial charge >= 0.3 is 0 Å². The largest absolute Gasteiger partial charge is 0.384 e. The number of nitrogens with zero attached hydrogens (tertiary/aromatic N) is 1. The van der Waals surface area contributed by atoms with Crippen LogP contribution in [-0.4, -0.2) is 44.9 Å². The van der Waals surface area contributed by atoms with Crippen molar-refractivity contribution in [1.82, 2.24) is 4.90 Å². The molecule has 0 N–H and O–H groups in total. The van der Waals surface area contributed by atoms with Crippen molar-refractivity contribution >= 4 is 0 Å². The molecular formula is C18H26FNO2. The molecule has 0 saturated carbocycles. The van der Waals surface area contributed by atoms with E-state index in [-0.39, 0.29) is 5.82 Å². The molecule has 1 spiro atoms. The average Bonchev–Trinajstić information content (AvgIpc) is 2.54. The van der Waals surface area contributed by atoms with Crippen LogP contribution in [0.3, 0.4) is 0 Å². The average molecular weight is 307 g/mol. The standard InChI is InChI=1S/C18H26FNO2/c1-21-13-16-14-22-11-8-18(16)6-9-20(10-7-18)12-15-4-2-3-5-17(15)19/h2-5,16H,6-14H2,1H3. The third-order valence-electron chi connectivity index (χ3n) is 5.50. The second kappa shape index (κ2) is 7.07. The van der Waals surface area contributed by atoms with Crippen molar-refractivity contribution in [1.29, 1.82) is 0 Å². The summed E-state index contributed by atoms with van der Waals surface area (Å²) in [7, 11) is 1.77. The van der Waals surface area contributed by atoms with Crippen LogP contribution in [0.5, 0.6) is 0 Å². The summed E-state index contributed by atoms with van der Waals surface area (Å²) in [4.78, 5) is 2.38. The Morgan fingerprint density at radius 3 is 2.77 bits per heavy atom. The van der Waals surface area contributed by atoms with Crippen LogP contribution >= 0.6 is 0 Å². The molecule has 2 saturated heterocycles. The van der Waals surface area contributed by atoms with Gasteiger partial charge in [0.1, 0.15) is 5.82 Å². The molecular weight excluding hydrogens is 281 g/mol. The molecule has 122 valence electrons. The quantitative estimate of drug-likeness (QED) is 0.853. The molecule has 1 aromatic carbocycles. The van der Waals surface area contributed by atoms with Crippen molar-refractivity contribution in [2.75, 3.05) is 40.0 Å². The first-order valence-electron chi connectivity index (χ1n) is 8.26. The molecule has 2 heterocycles. The Labute approximate surface area is 132 Å². The number of hydrogen-bond donors (Lipinski definition) is 0. The van der Waals surface area contributed by atoms with E-state index in [2.05, 4.69) is 4.90 Å². The Morgan fingerprint density at radius 2 is 2.05 bits per heavy atom. The van der Waals surface area contributed by atoms with Gasteiger partial charge in [0, 0.05) is 31.7 Å². The lowest BCUT2D eigenvalue weighted by molar-refractivity contribution is -0.0951. The number of halogens is 1. The number of hydrogen-bond acceptors (Lipinski definition) is 3. The number of likely N-dealkylation sites (tertiary alicyclic amines) is 1. The zero-order valence-electron chi connectivity index (χ0n) is 13.4. The van der Waals surface area contributed by atoms with Gasteiger partial charge in [-0.25, -0.2) is 4.39 Å². The van der Waals surface area contributed by atoms with Crippen LogP contribution in [-0.2, 0) is 16.0 Å². The smallest absolute Gasteiger partial charge is 0.127 e. The van der Waals surface area contributed by atoms with Gasteiger partial charge in [0.15, 0.2) is 0 Å². The molecule has 0 bridgehead atoms. The Hall–Kier alpha value is -0.970. The van der Waals surface area contributed by atoms with E-state index in [1.807, 2.05) is 12.1 Å². The minimum atomic E-state index is -0.0916. The minimum absolute atomic E-state index is 0.0916. The topological polar surface area (TPSA) is 21.7 Å². The molecule has 3 nitrogen and oxygen atoms in total. The van der Waals surface area contributed by atoms with Crippen molar-refractivity contribution in [3.63, 3.8) is 0 Å². The van der Waals surface area contributed by atoms with Crippen LogP contribution in [0.4, 0.5) is 4.39 Å². The fourth-order valence-corrected chi connectivity index (χ4v) is 3.99. The number of benzene rings is 1. The SMILES string of the molecule is COCC1COCCC12CCN(Cc1ccccc1F)CC2. The maximum Gasteiger partial charge on any atom is 0.127 e. The summed E-state index contributed by atoms with van der Waals surface area (Å²) >= 11 is 0. The molecule has 1 atom stereocenters. The highest BCUT2D eigenvalue weighted by molar-refractivity contribution is 5.17. The van der Waals surface area contributed by atoms with Gasteiger partial charge in [0.2, 0.25) is 0 Å². The van der Waals surface area contributed by atoms with E-state index in [0.29, 0.717) is 17.9 Å². The lowest BCUT2D eigenvalue weighted by atomic mass is 9.66. The number of rotatable bonds is 4. The number of ether oxygens (including phenoxy) is 2. The van der Waals surface area contributed by atoms with Crippen LogP contribution in [0.2, 0.25) is 0 Å². The van der Waals surface area contributed by atoms with Crippen molar-refractivity contribution in [2.24, 2.45) is 11.3 Å². The molecule has 1 aromatic rings. The van der Waals surface area contributed by atoms with Crippen LogP contribution in [0.1, 0.15) is 24.8 Å². The molecule has 1 unspecified atom stereocenters. The van der Waals surface area contributed by atoms with Crippen molar-refractivity contribution in [2.45, 2.75) is 25.8 Å². The first-order chi connectivity index (χ1) is 10.7. The maximum atomic E-state index is 13.8. The van der Waals surface area contributed by atoms with Crippen molar-refractivity contribution in [3.8, 4) is 0 Å². The molecule has 4 heteroatoms. The predicted octanol–water partition coefficient (Wildman–Crippen LogP) is 3.09. The van der Waals surface area contributed by atoms with Crippen LogP contribution in [0, 0.1) is 17.2 Å². The maximum absolute atomic E-state index is 13.8. The fraction of sp³-hybridized carbons (Fsp3) is 0.667. The Bertz CT molecular complexity index is 484. The summed E-state index contributed by atoms with van der Waals surface area (Å²) in [5.74, 6) is 0.410. The summed E-state index contributed by atoms with van der Waals surface area (Å²) in [6, 6.07) is 7.11. The lowest BCUT2D eigenvalue weighted by Gasteiger charge is -2.49. The third-order valence-corrected chi connectivity index (χ3v) is 5.50. The highest BCUT2D eigenvalue weighted by Gasteiger charge is 2.43. The monoisotopic (exact) mass is 307 g/mol. The lowest BCUT2D eigenvalue weighted by Crippen LogP contribution is -2.49. The summed E-state index contributed by atoms with van der Waals surface area (Å²) in [6.45, 7) is 5.26. The highest BCUT2D eigenvalue weighted by Crippen LogP contribution is 2.44. The van der Waals surface area contributed by atoms with Gasteiger partial charge in [-0.05, 0) is 43.8 Å². The van der Waals surface area contributed by atoms with E-state index in [0.717, 1.165) is 44.9 Å². The molecule has 3 rings (SSSR count). The van der Waals surface area contributed by atoms with Gasteiger partial charge in [-0.2, -0.15) is 0 Å². The summed E-state index contributed by atoms with van der Waals surface area (Å²) in [5, 5.41) is 0. The molecule has 0 radical (unpaired) electrons. The molecule has 2 aliphatic heterocycles. The first-order valence-corrected chi connectivity index (χ1v) is 8.26. The van der Waals surface area contributed by atoms with Gasteiger partial charge in [-0.15, -0.1) is 0 Å². The Balaban J connectivity index is 1.60. The molecule has 0 aliphatic carbocycles. The first kappa shape index (κ1) is 15.9.